The molecule has 110 valence electrons. The molecule has 1 aliphatic heterocycles. The Balaban J connectivity index is 1.87. The molecule has 0 bridgehead atoms. The molecule has 2 N–H and O–H groups in total. The van der Waals surface area contributed by atoms with Crippen LogP contribution in [0.1, 0.15) is 23.1 Å². The molecule has 0 saturated carbocycles. The number of aryl methyl sites for hydroxylation is 1. The number of hydrogen-bond acceptors (Lipinski definition) is 4. The van der Waals surface area contributed by atoms with Crippen LogP contribution in [0.4, 0.5) is 0 Å². The highest BCUT2D eigenvalue weighted by atomic mass is 16.2. The second-order valence-electron chi connectivity index (χ2n) is 5.38. The number of nitrogens with zero attached hydrogens (tertiary/aromatic N) is 3. The van der Waals surface area contributed by atoms with Crippen molar-refractivity contribution < 1.29 is 4.79 Å². The summed E-state index contributed by atoms with van der Waals surface area (Å²) in [4.78, 5) is 18.9. The van der Waals surface area contributed by atoms with Crippen LogP contribution in [0.25, 0.3) is 11.4 Å². The normalized spacial score (nSPS) is 18.8. The Kier molecular flexibility index (Phi) is 3.70. The largest absolute Gasteiger partial charge is 0.333 e. The van der Waals surface area contributed by atoms with Crippen molar-refractivity contribution in [2.45, 2.75) is 19.9 Å². The van der Waals surface area contributed by atoms with Gasteiger partial charge in [0.25, 0.3) is 5.91 Å². The summed E-state index contributed by atoms with van der Waals surface area (Å²) in [7, 11) is 0. The van der Waals surface area contributed by atoms with Crippen molar-refractivity contribution in [3.63, 3.8) is 0 Å². The van der Waals surface area contributed by atoms with Gasteiger partial charge < -0.3 is 10.2 Å². The average molecular weight is 285 g/mol. The number of hydrogen-bond donors (Lipinski definition) is 2. The lowest BCUT2D eigenvalue weighted by atomic mass is 10.1. The minimum absolute atomic E-state index is 0.0677. The summed E-state index contributed by atoms with van der Waals surface area (Å²) in [5.41, 5.74) is 1.54. The van der Waals surface area contributed by atoms with Crippen LogP contribution in [-0.4, -0.2) is 51.7 Å². The maximum Gasteiger partial charge on any atom is 0.254 e. The molecule has 2 heterocycles. The molecule has 6 heteroatoms. The van der Waals surface area contributed by atoms with E-state index in [0.717, 1.165) is 31.0 Å². The number of aromatic nitrogens is 3. The van der Waals surface area contributed by atoms with E-state index in [2.05, 4.69) is 27.4 Å². The molecule has 3 rings (SSSR count). The molecule has 1 fully saturated rings. The van der Waals surface area contributed by atoms with Crippen molar-refractivity contribution in [2.75, 3.05) is 19.6 Å². The first-order chi connectivity index (χ1) is 10.1. The summed E-state index contributed by atoms with van der Waals surface area (Å²) in [6.45, 7) is 6.34. The monoisotopic (exact) mass is 285 g/mol. The maximum atomic E-state index is 12.6. The number of aromatic amines is 1. The fourth-order valence-corrected chi connectivity index (χ4v) is 2.57. The maximum absolute atomic E-state index is 12.6. The molecule has 2 aromatic rings. The molecule has 0 radical (unpaired) electrons. The van der Waals surface area contributed by atoms with Gasteiger partial charge in [-0.1, -0.05) is 12.1 Å². The fourth-order valence-electron chi connectivity index (χ4n) is 2.57. The molecule has 0 aliphatic carbocycles. The average Bonchev–Trinajstić information content (AvgIpc) is 2.94. The van der Waals surface area contributed by atoms with E-state index in [-0.39, 0.29) is 11.9 Å². The third-order valence-corrected chi connectivity index (χ3v) is 3.73. The van der Waals surface area contributed by atoms with Gasteiger partial charge in [-0.2, -0.15) is 5.10 Å². The quantitative estimate of drug-likeness (QED) is 0.870. The number of benzene rings is 1. The van der Waals surface area contributed by atoms with Gasteiger partial charge in [0.15, 0.2) is 5.82 Å². The summed E-state index contributed by atoms with van der Waals surface area (Å²) in [6.07, 6.45) is 0. The van der Waals surface area contributed by atoms with Crippen molar-refractivity contribution in [3.05, 3.63) is 35.7 Å². The van der Waals surface area contributed by atoms with Crippen LogP contribution in [0.2, 0.25) is 0 Å². The van der Waals surface area contributed by atoms with Gasteiger partial charge in [-0.25, -0.2) is 4.98 Å². The number of nitrogens with one attached hydrogen (secondary N) is 2. The zero-order valence-electron chi connectivity index (χ0n) is 12.3. The minimum atomic E-state index is 0.0677. The van der Waals surface area contributed by atoms with Crippen LogP contribution in [0, 0.1) is 6.92 Å². The second-order valence-corrected chi connectivity index (χ2v) is 5.38. The van der Waals surface area contributed by atoms with Gasteiger partial charge in [0.1, 0.15) is 5.82 Å². The zero-order valence-corrected chi connectivity index (χ0v) is 12.3. The van der Waals surface area contributed by atoms with Crippen molar-refractivity contribution in [1.82, 2.24) is 25.4 Å². The number of rotatable bonds is 2. The van der Waals surface area contributed by atoms with Crippen LogP contribution >= 0.6 is 0 Å². The SMILES string of the molecule is Cc1nc(-c2cccc(C(=O)N3CCNCC3C)c2)n[nH]1. The zero-order chi connectivity index (χ0) is 14.8. The predicted octanol–water partition coefficient (Wildman–Crippen LogP) is 1.21. The predicted molar refractivity (Wildman–Crippen MR) is 79.9 cm³/mol. The van der Waals surface area contributed by atoms with E-state index in [9.17, 15) is 4.79 Å². The number of carbonyl (C=O) groups is 1. The molecule has 6 nitrogen and oxygen atoms in total. The van der Waals surface area contributed by atoms with Crippen molar-refractivity contribution in [3.8, 4) is 11.4 Å². The van der Waals surface area contributed by atoms with Crippen molar-refractivity contribution >= 4 is 5.91 Å². The second kappa shape index (κ2) is 5.65. The number of carbonyl (C=O) groups excluding carboxylic acids is 1. The summed E-state index contributed by atoms with van der Waals surface area (Å²) in [5, 5.41) is 10.3. The Hall–Kier alpha value is -2.21. The first-order valence-corrected chi connectivity index (χ1v) is 7.16. The van der Waals surface area contributed by atoms with Crippen LogP contribution in [0.5, 0.6) is 0 Å². The summed E-state index contributed by atoms with van der Waals surface area (Å²) < 4.78 is 0. The highest BCUT2D eigenvalue weighted by Gasteiger charge is 2.24. The first-order valence-electron chi connectivity index (χ1n) is 7.16. The van der Waals surface area contributed by atoms with Gasteiger partial charge in [0.2, 0.25) is 0 Å². The van der Waals surface area contributed by atoms with E-state index < -0.39 is 0 Å². The van der Waals surface area contributed by atoms with E-state index in [4.69, 9.17) is 0 Å². The Morgan fingerprint density at radius 1 is 1.43 bits per heavy atom. The molecular weight excluding hydrogens is 266 g/mol. The van der Waals surface area contributed by atoms with Gasteiger partial charge in [0.05, 0.1) is 0 Å². The lowest BCUT2D eigenvalue weighted by Crippen LogP contribution is -2.52. The fraction of sp³-hybridized carbons (Fsp3) is 0.400. The molecule has 1 aromatic carbocycles. The Labute approximate surface area is 123 Å². The summed E-state index contributed by atoms with van der Waals surface area (Å²) in [5.74, 6) is 1.45. The van der Waals surface area contributed by atoms with E-state index in [1.165, 1.54) is 0 Å². The number of piperazine rings is 1. The van der Waals surface area contributed by atoms with Crippen LogP contribution in [0.3, 0.4) is 0 Å². The highest BCUT2D eigenvalue weighted by molar-refractivity contribution is 5.95. The Morgan fingerprint density at radius 2 is 2.29 bits per heavy atom. The molecule has 1 aromatic heterocycles. The lowest BCUT2D eigenvalue weighted by molar-refractivity contribution is 0.0656. The molecule has 1 saturated heterocycles. The van der Waals surface area contributed by atoms with Crippen molar-refractivity contribution in [1.29, 1.82) is 0 Å². The van der Waals surface area contributed by atoms with Gasteiger partial charge in [0, 0.05) is 36.8 Å². The third-order valence-electron chi connectivity index (χ3n) is 3.73. The van der Waals surface area contributed by atoms with Crippen LogP contribution < -0.4 is 5.32 Å². The minimum Gasteiger partial charge on any atom is -0.333 e. The van der Waals surface area contributed by atoms with E-state index in [0.29, 0.717) is 11.4 Å². The van der Waals surface area contributed by atoms with Crippen LogP contribution in [-0.2, 0) is 0 Å². The summed E-state index contributed by atoms with van der Waals surface area (Å²) in [6, 6.07) is 7.71. The first kappa shape index (κ1) is 13.8. The Morgan fingerprint density at radius 3 is 3.00 bits per heavy atom. The molecule has 1 amide bonds. The van der Waals surface area contributed by atoms with E-state index in [1.54, 1.807) is 0 Å². The van der Waals surface area contributed by atoms with Gasteiger partial charge in [-0.05, 0) is 26.0 Å². The molecule has 21 heavy (non-hydrogen) atoms. The summed E-state index contributed by atoms with van der Waals surface area (Å²) >= 11 is 0. The smallest absolute Gasteiger partial charge is 0.254 e. The van der Waals surface area contributed by atoms with Gasteiger partial charge in [-0.3, -0.25) is 9.89 Å². The highest BCUT2D eigenvalue weighted by Crippen LogP contribution is 2.18. The number of amides is 1. The molecule has 0 spiro atoms. The molecule has 1 unspecified atom stereocenters. The molecule has 1 atom stereocenters. The van der Waals surface area contributed by atoms with E-state index >= 15 is 0 Å². The molecular formula is C15H19N5O. The Bertz CT molecular complexity index is 651. The van der Waals surface area contributed by atoms with Gasteiger partial charge >= 0.3 is 0 Å². The standard InChI is InChI=1S/C15H19N5O/c1-10-9-16-6-7-20(10)15(21)13-5-3-4-12(8-13)14-17-11(2)18-19-14/h3-5,8,10,16H,6-7,9H2,1-2H3,(H,17,18,19). The van der Waals surface area contributed by atoms with Crippen molar-refractivity contribution in [2.24, 2.45) is 0 Å². The lowest BCUT2D eigenvalue weighted by Gasteiger charge is -2.34. The van der Waals surface area contributed by atoms with Gasteiger partial charge in [-0.15, -0.1) is 0 Å². The topological polar surface area (TPSA) is 73.9 Å². The molecule has 1 aliphatic rings. The number of H-pyrrole nitrogens is 1. The van der Waals surface area contributed by atoms with Crippen LogP contribution in [0.15, 0.2) is 24.3 Å². The van der Waals surface area contributed by atoms with E-state index in [1.807, 2.05) is 36.1 Å². The third kappa shape index (κ3) is 2.80.